The zero-order chi connectivity index (χ0) is 8.43. The van der Waals surface area contributed by atoms with Crippen LogP contribution in [0.15, 0.2) is 16.7 Å². The van der Waals surface area contributed by atoms with Gasteiger partial charge in [-0.15, -0.1) is 0 Å². The first kappa shape index (κ1) is 8.59. The highest BCUT2D eigenvalue weighted by atomic mass is 79.9. The van der Waals surface area contributed by atoms with Crippen LogP contribution in [0.25, 0.3) is 0 Å². The molecule has 0 aliphatic carbocycles. The first-order valence-electron chi connectivity index (χ1n) is 3.02. The van der Waals surface area contributed by atoms with Crippen LogP contribution in [0.5, 0.6) is 0 Å². The van der Waals surface area contributed by atoms with Crippen molar-refractivity contribution in [3.8, 4) is 0 Å². The number of alkyl halides is 2. The van der Waals surface area contributed by atoms with Gasteiger partial charge >= 0.3 is 0 Å². The number of nitrogens with zero attached hydrogens (tertiary/aromatic N) is 1. The molecule has 0 spiro atoms. The lowest BCUT2D eigenvalue weighted by molar-refractivity contribution is 0.146. The average Bonchev–Trinajstić information content (AvgIpc) is 1.94. The largest absolute Gasteiger partial charge is 0.280 e. The fourth-order valence-electron chi connectivity index (χ4n) is 0.639. The summed E-state index contributed by atoms with van der Waals surface area (Å²) in [6, 6.07) is 2.93. The van der Waals surface area contributed by atoms with Gasteiger partial charge in [-0.3, -0.25) is 0 Å². The van der Waals surface area contributed by atoms with Crippen molar-refractivity contribution >= 4 is 15.9 Å². The van der Waals surface area contributed by atoms with E-state index in [-0.39, 0.29) is 5.69 Å². The Bertz CT molecular complexity index is 263. The molecule has 0 N–H and O–H groups in total. The Morgan fingerprint density at radius 2 is 2.09 bits per heavy atom. The van der Waals surface area contributed by atoms with Gasteiger partial charge in [0.15, 0.2) is 0 Å². The lowest BCUT2D eigenvalue weighted by Crippen LogP contribution is -1.91. The summed E-state index contributed by atoms with van der Waals surface area (Å²) >= 11 is 3.07. The summed E-state index contributed by atoms with van der Waals surface area (Å²) in [6.45, 7) is 1.80. The topological polar surface area (TPSA) is 12.9 Å². The van der Waals surface area contributed by atoms with Gasteiger partial charge in [0.1, 0.15) is 10.3 Å². The second kappa shape index (κ2) is 3.26. The van der Waals surface area contributed by atoms with E-state index in [9.17, 15) is 8.78 Å². The number of pyridine rings is 1. The van der Waals surface area contributed by atoms with E-state index in [2.05, 4.69) is 20.9 Å². The van der Waals surface area contributed by atoms with Gasteiger partial charge < -0.3 is 0 Å². The van der Waals surface area contributed by atoms with Crippen LogP contribution in [0.4, 0.5) is 8.78 Å². The first-order chi connectivity index (χ1) is 5.11. The van der Waals surface area contributed by atoms with Crippen molar-refractivity contribution in [1.29, 1.82) is 0 Å². The fraction of sp³-hybridized carbons (Fsp3) is 0.286. The SMILES string of the molecule is Cc1ccc(C(F)F)nc1Br. The van der Waals surface area contributed by atoms with Crippen molar-refractivity contribution in [2.75, 3.05) is 0 Å². The molecule has 1 aromatic rings. The number of halogens is 3. The van der Waals surface area contributed by atoms with E-state index in [1.807, 2.05) is 0 Å². The molecule has 0 aromatic carbocycles. The van der Waals surface area contributed by atoms with Crippen LogP contribution in [0, 0.1) is 6.92 Å². The zero-order valence-corrected chi connectivity index (χ0v) is 7.40. The number of aryl methyl sites for hydroxylation is 1. The number of rotatable bonds is 1. The van der Waals surface area contributed by atoms with E-state index in [1.54, 1.807) is 13.0 Å². The van der Waals surface area contributed by atoms with Crippen molar-refractivity contribution in [1.82, 2.24) is 4.98 Å². The number of hydrogen-bond acceptors (Lipinski definition) is 1. The molecular weight excluding hydrogens is 216 g/mol. The van der Waals surface area contributed by atoms with Crippen LogP contribution in [0.1, 0.15) is 17.7 Å². The Morgan fingerprint density at radius 3 is 2.55 bits per heavy atom. The van der Waals surface area contributed by atoms with Crippen molar-refractivity contribution in [3.05, 3.63) is 28.0 Å². The normalized spacial score (nSPS) is 10.6. The van der Waals surface area contributed by atoms with Crippen LogP contribution in [0.3, 0.4) is 0 Å². The summed E-state index contributed by atoms with van der Waals surface area (Å²) in [5, 5.41) is 0. The Hall–Kier alpha value is -0.510. The van der Waals surface area contributed by atoms with E-state index in [0.29, 0.717) is 4.60 Å². The highest BCUT2D eigenvalue weighted by Crippen LogP contribution is 2.20. The number of hydrogen-bond donors (Lipinski definition) is 0. The van der Waals surface area contributed by atoms with Crippen molar-refractivity contribution in [3.63, 3.8) is 0 Å². The van der Waals surface area contributed by atoms with E-state index in [4.69, 9.17) is 0 Å². The van der Waals surface area contributed by atoms with Crippen molar-refractivity contribution in [2.45, 2.75) is 13.3 Å². The van der Waals surface area contributed by atoms with Crippen LogP contribution < -0.4 is 0 Å². The minimum absolute atomic E-state index is 0.192. The van der Waals surface area contributed by atoms with Gasteiger partial charge in [-0.05, 0) is 34.5 Å². The molecule has 0 aliphatic rings. The van der Waals surface area contributed by atoms with Gasteiger partial charge in [-0.2, -0.15) is 0 Å². The molecule has 1 aromatic heterocycles. The Labute approximate surface area is 71.6 Å². The summed E-state index contributed by atoms with van der Waals surface area (Å²) in [5.41, 5.74) is 0.664. The van der Waals surface area contributed by atoms with Gasteiger partial charge in [-0.25, -0.2) is 13.8 Å². The molecule has 0 fully saturated rings. The summed E-state index contributed by atoms with van der Waals surface area (Å²) in [7, 11) is 0. The standard InChI is InChI=1S/C7H6BrF2N/c1-4-2-3-5(7(9)10)11-6(4)8/h2-3,7H,1H3. The summed E-state index contributed by atoms with van der Waals surface area (Å²) in [4.78, 5) is 3.64. The van der Waals surface area contributed by atoms with E-state index in [0.717, 1.165) is 5.56 Å². The molecule has 4 heteroatoms. The van der Waals surface area contributed by atoms with Gasteiger partial charge in [0.2, 0.25) is 0 Å². The second-order valence-corrected chi connectivity index (χ2v) is 2.90. The molecule has 0 aliphatic heterocycles. The third kappa shape index (κ3) is 1.96. The minimum Gasteiger partial charge on any atom is -0.240 e. The number of aromatic nitrogens is 1. The molecule has 1 heterocycles. The van der Waals surface area contributed by atoms with Crippen LogP contribution in [0.2, 0.25) is 0 Å². The molecule has 0 radical (unpaired) electrons. The smallest absolute Gasteiger partial charge is 0.240 e. The monoisotopic (exact) mass is 221 g/mol. The molecule has 0 saturated carbocycles. The lowest BCUT2D eigenvalue weighted by Gasteiger charge is -2.00. The lowest BCUT2D eigenvalue weighted by atomic mass is 10.3. The van der Waals surface area contributed by atoms with Gasteiger partial charge in [0.25, 0.3) is 6.43 Å². The van der Waals surface area contributed by atoms with Crippen molar-refractivity contribution < 1.29 is 8.78 Å². The maximum Gasteiger partial charge on any atom is 0.280 e. The summed E-state index contributed by atoms with van der Waals surface area (Å²) < 4.78 is 24.5. The molecule has 11 heavy (non-hydrogen) atoms. The van der Waals surface area contributed by atoms with Crippen LogP contribution >= 0.6 is 15.9 Å². The molecule has 0 bridgehead atoms. The van der Waals surface area contributed by atoms with E-state index in [1.165, 1.54) is 6.07 Å². The average molecular weight is 222 g/mol. The Balaban J connectivity index is 3.05. The Morgan fingerprint density at radius 1 is 1.45 bits per heavy atom. The highest BCUT2D eigenvalue weighted by Gasteiger charge is 2.08. The molecule has 0 atom stereocenters. The molecule has 0 saturated heterocycles. The van der Waals surface area contributed by atoms with Gasteiger partial charge in [0, 0.05) is 0 Å². The molecule has 1 nitrogen and oxygen atoms in total. The van der Waals surface area contributed by atoms with Gasteiger partial charge in [-0.1, -0.05) is 6.07 Å². The first-order valence-corrected chi connectivity index (χ1v) is 3.81. The predicted octanol–water partition coefficient (Wildman–Crippen LogP) is 3.09. The second-order valence-electron chi connectivity index (χ2n) is 2.14. The third-order valence-corrected chi connectivity index (χ3v) is 2.08. The highest BCUT2D eigenvalue weighted by molar-refractivity contribution is 9.10. The maximum atomic E-state index is 12.0. The van der Waals surface area contributed by atoms with E-state index < -0.39 is 6.43 Å². The predicted molar refractivity (Wildman–Crippen MR) is 41.6 cm³/mol. The molecule has 0 unspecified atom stereocenters. The molecule has 1 rings (SSSR count). The quantitative estimate of drug-likeness (QED) is 0.665. The van der Waals surface area contributed by atoms with Gasteiger partial charge in [0.05, 0.1) is 0 Å². The Kier molecular flexibility index (Phi) is 2.54. The zero-order valence-electron chi connectivity index (χ0n) is 5.81. The molecule has 60 valence electrons. The fourth-order valence-corrected chi connectivity index (χ4v) is 0.976. The minimum atomic E-state index is -2.49. The van der Waals surface area contributed by atoms with Crippen molar-refractivity contribution in [2.24, 2.45) is 0 Å². The van der Waals surface area contributed by atoms with Crippen LogP contribution in [-0.2, 0) is 0 Å². The molecular formula is C7H6BrF2N. The van der Waals surface area contributed by atoms with E-state index >= 15 is 0 Å². The summed E-state index contributed by atoms with van der Waals surface area (Å²) in [6.07, 6.45) is -2.49. The van der Waals surface area contributed by atoms with Crippen LogP contribution in [-0.4, -0.2) is 4.98 Å². The maximum absolute atomic E-state index is 12.0. The third-order valence-electron chi connectivity index (χ3n) is 1.28. The molecule has 0 amide bonds. The summed E-state index contributed by atoms with van der Waals surface area (Å²) in [5.74, 6) is 0.